The lowest BCUT2D eigenvalue weighted by Gasteiger charge is -2.42. The number of benzene rings is 1. The number of aldehydes is 1. The van der Waals surface area contributed by atoms with Crippen LogP contribution in [0.25, 0.3) is 10.9 Å². The van der Waals surface area contributed by atoms with Crippen molar-refractivity contribution in [1.29, 1.82) is 0 Å². The molecule has 2 saturated heterocycles. The van der Waals surface area contributed by atoms with Crippen molar-refractivity contribution in [2.24, 2.45) is 0 Å². The first-order chi connectivity index (χ1) is 17.3. The normalized spacial score (nSPS) is 18.8. The predicted octanol–water partition coefficient (Wildman–Crippen LogP) is 0.0717. The number of carboxylic acids is 1. The molecule has 3 N–H and O–H groups in total. The van der Waals surface area contributed by atoms with E-state index in [9.17, 15) is 28.8 Å². The number of urea groups is 1. The maximum Gasteiger partial charge on any atom is 0.358 e. The van der Waals surface area contributed by atoms with E-state index >= 15 is 0 Å². The third-order valence-corrected chi connectivity index (χ3v) is 5.97. The number of carboxylic acid groups (broad SMARTS) is 1. The van der Waals surface area contributed by atoms with Gasteiger partial charge in [-0.2, -0.15) is 0 Å². The summed E-state index contributed by atoms with van der Waals surface area (Å²) in [6, 6.07) is 5.28. The number of fused-ring (bicyclic) bond motifs is 2. The molecule has 0 spiro atoms. The molecule has 0 unspecified atom stereocenters. The number of rotatable bonds is 7. The highest BCUT2D eigenvalue weighted by Gasteiger charge is 2.44. The molecule has 0 radical (unpaired) electrons. The van der Waals surface area contributed by atoms with Gasteiger partial charge in [0.2, 0.25) is 11.8 Å². The second kappa shape index (κ2) is 10.4. The van der Waals surface area contributed by atoms with Crippen molar-refractivity contribution in [3.05, 3.63) is 42.1 Å². The van der Waals surface area contributed by atoms with Crippen molar-refractivity contribution in [2.45, 2.75) is 37.8 Å². The van der Waals surface area contributed by atoms with Gasteiger partial charge in [0, 0.05) is 24.5 Å². The highest BCUT2D eigenvalue weighted by atomic mass is 16.4. The van der Waals surface area contributed by atoms with Crippen LogP contribution in [-0.2, 0) is 19.2 Å². The summed E-state index contributed by atoms with van der Waals surface area (Å²) in [6.07, 6.45) is 1.70. The highest BCUT2D eigenvalue weighted by Crippen LogP contribution is 2.24. The second-order valence-corrected chi connectivity index (χ2v) is 8.37. The van der Waals surface area contributed by atoms with Gasteiger partial charge in [-0.15, -0.1) is 0 Å². The molecule has 0 bridgehead atoms. The molecule has 2 fully saturated rings. The standard InChI is InChI=1S/C23H24N6O7/c30-13-15(12-19(32)33)25-22(35)17-7-3-10-28-18(31)8-11-27(23(36)29(17)28)26-21(34)16-6-1-4-14-5-2-9-24-20(14)16/h1-2,4-6,9,13,15,17H,3,7-8,10-12H2,(H,25,35)(H,26,34)(H,32,33)/t15-,17-/m0/s1. The summed E-state index contributed by atoms with van der Waals surface area (Å²) in [7, 11) is 0. The first-order valence-corrected chi connectivity index (χ1v) is 11.3. The third-order valence-electron chi connectivity index (χ3n) is 5.97. The molecule has 1 aromatic heterocycles. The van der Waals surface area contributed by atoms with E-state index in [0.717, 1.165) is 20.4 Å². The molecule has 13 nitrogen and oxygen atoms in total. The number of carbonyl (C=O) groups is 6. The minimum atomic E-state index is -1.29. The Bertz CT molecular complexity index is 1230. The lowest BCUT2D eigenvalue weighted by molar-refractivity contribution is -0.155. The molecule has 2 aliphatic rings. The van der Waals surface area contributed by atoms with E-state index in [1.165, 1.54) is 0 Å². The number of nitrogens with zero attached hydrogens (tertiary/aromatic N) is 4. The molecule has 36 heavy (non-hydrogen) atoms. The Kier molecular flexibility index (Phi) is 7.08. The van der Waals surface area contributed by atoms with Gasteiger partial charge in [0.25, 0.3) is 5.91 Å². The minimum absolute atomic E-state index is 0.0966. The van der Waals surface area contributed by atoms with Crippen molar-refractivity contribution < 1.29 is 33.9 Å². The summed E-state index contributed by atoms with van der Waals surface area (Å²) < 4.78 is 0. The Morgan fingerprint density at radius 3 is 2.69 bits per heavy atom. The molecular weight excluding hydrogens is 472 g/mol. The van der Waals surface area contributed by atoms with E-state index in [1.54, 1.807) is 36.5 Å². The SMILES string of the molecule is O=C[C@H](CC(=O)O)NC(=O)[C@@H]1CCCN2C(=O)CCN(NC(=O)c3cccc4cccnc34)C(=O)N12. The zero-order chi connectivity index (χ0) is 25.8. The summed E-state index contributed by atoms with van der Waals surface area (Å²) >= 11 is 0. The topological polar surface area (TPSA) is 169 Å². The number of para-hydroxylation sites is 1. The van der Waals surface area contributed by atoms with Crippen molar-refractivity contribution in [3.8, 4) is 0 Å². The number of pyridine rings is 1. The summed E-state index contributed by atoms with van der Waals surface area (Å²) in [5.74, 6) is -3.09. The van der Waals surface area contributed by atoms with Crippen molar-refractivity contribution in [3.63, 3.8) is 0 Å². The number of carbonyl (C=O) groups excluding carboxylic acids is 5. The van der Waals surface area contributed by atoms with E-state index < -0.39 is 48.2 Å². The molecule has 3 heterocycles. The molecule has 5 amide bonds. The number of hydrogen-bond donors (Lipinski definition) is 3. The molecule has 13 heteroatoms. The molecule has 4 rings (SSSR count). The lowest BCUT2D eigenvalue weighted by atomic mass is 10.1. The monoisotopic (exact) mass is 496 g/mol. The lowest BCUT2D eigenvalue weighted by Crippen LogP contribution is -2.64. The van der Waals surface area contributed by atoms with Crippen LogP contribution in [0.1, 0.15) is 36.0 Å². The highest BCUT2D eigenvalue weighted by molar-refractivity contribution is 6.06. The van der Waals surface area contributed by atoms with Gasteiger partial charge in [-0.1, -0.05) is 18.2 Å². The fourth-order valence-electron chi connectivity index (χ4n) is 4.29. The van der Waals surface area contributed by atoms with Gasteiger partial charge in [-0.3, -0.25) is 29.6 Å². The van der Waals surface area contributed by atoms with Crippen LogP contribution in [0.2, 0.25) is 0 Å². The van der Waals surface area contributed by atoms with Crippen LogP contribution < -0.4 is 10.7 Å². The summed E-state index contributed by atoms with van der Waals surface area (Å²) in [4.78, 5) is 78.7. The van der Waals surface area contributed by atoms with E-state index in [2.05, 4.69) is 15.7 Å². The van der Waals surface area contributed by atoms with E-state index in [0.29, 0.717) is 18.2 Å². The number of hydrazine groups is 2. The number of hydrogen-bond acceptors (Lipinski definition) is 7. The third kappa shape index (κ3) is 4.94. The Morgan fingerprint density at radius 2 is 1.94 bits per heavy atom. The fourth-order valence-corrected chi connectivity index (χ4v) is 4.29. The van der Waals surface area contributed by atoms with Gasteiger partial charge in [0.1, 0.15) is 12.3 Å². The number of aromatic nitrogens is 1. The van der Waals surface area contributed by atoms with Crippen molar-refractivity contribution in [1.82, 2.24) is 30.8 Å². The van der Waals surface area contributed by atoms with Crippen LogP contribution in [0.5, 0.6) is 0 Å². The van der Waals surface area contributed by atoms with E-state index in [-0.39, 0.29) is 31.5 Å². The number of nitrogens with one attached hydrogen (secondary N) is 2. The molecular formula is C23H24N6O7. The average Bonchev–Trinajstić information content (AvgIpc) is 2.99. The van der Waals surface area contributed by atoms with Gasteiger partial charge in [0.15, 0.2) is 0 Å². The smallest absolute Gasteiger partial charge is 0.358 e. The van der Waals surface area contributed by atoms with Crippen LogP contribution >= 0.6 is 0 Å². The van der Waals surface area contributed by atoms with Gasteiger partial charge in [-0.25, -0.2) is 19.8 Å². The largest absolute Gasteiger partial charge is 0.481 e. The van der Waals surface area contributed by atoms with E-state index in [1.807, 2.05) is 0 Å². The molecule has 188 valence electrons. The van der Waals surface area contributed by atoms with Crippen LogP contribution in [0.3, 0.4) is 0 Å². The van der Waals surface area contributed by atoms with Crippen LogP contribution in [-0.4, -0.2) is 86.3 Å². The van der Waals surface area contributed by atoms with Crippen molar-refractivity contribution in [2.75, 3.05) is 13.1 Å². The molecule has 0 aliphatic carbocycles. The van der Waals surface area contributed by atoms with E-state index in [4.69, 9.17) is 5.11 Å². The number of amides is 5. The fraction of sp³-hybridized carbons (Fsp3) is 0.348. The van der Waals surface area contributed by atoms with Crippen LogP contribution in [0.15, 0.2) is 36.5 Å². The molecule has 0 saturated carbocycles. The Hall–Kier alpha value is -4.55. The zero-order valence-electron chi connectivity index (χ0n) is 19.1. The van der Waals surface area contributed by atoms with Gasteiger partial charge >= 0.3 is 12.0 Å². The van der Waals surface area contributed by atoms with Crippen LogP contribution in [0.4, 0.5) is 4.79 Å². The second-order valence-electron chi connectivity index (χ2n) is 8.37. The molecule has 2 aromatic rings. The molecule has 2 aliphatic heterocycles. The minimum Gasteiger partial charge on any atom is -0.481 e. The summed E-state index contributed by atoms with van der Waals surface area (Å²) in [6.45, 7) is 0.0640. The maximum absolute atomic E-state index is 13.5. The first kappa shape index (κ1) is 24.6. The van der Waals surface area contributed by atoms with Gasteiger partial charge < -0.3 is 15.2 Å². The van der Waals surface area contributed by atoms with Crippen LogP contribution in [0, 0.1) is 0 Å². The summed E-state index contributed by atoms with van der Waals surface area (Å²) in [5, 5.41) is 15.1. The Labute approximate surface area is 205 Å². The number of aliphatic carboxylic acids is 1. The Morgan fingerprint density at radius 1 is 1.17 bits per heavy atom. The zero-order valence-corrected chi connectivity index (χ0v) is 19.1. The van der Waals surface area contributed by atoms with Gasteiger partial charge in [-0.05, 0) is 25.0 Å². The first-order valence-electron chi connectivity index (χ1n) is 11.3. The quantitative estimate of drug-likeness (QED) is 0.452. The predicted molar refractivity (Wildman–Crippen MR) is 123 cm³/mol. The molecule has 1 aromatic carbocycles. The average molecular weight is 496 g/mol. The van der Waals surface area contributed by atoms with Gasteiger partial charge in [0.05, 0.1) is 30.1 Å². The van der Waals surface area contributed by atoms with Crippen molar-refractivity contribution >= 4 is 46.9 Å². The Balaban J connectivity index is 1.57. The summed E-state index contributed by atoms with van der Waals surface area (Å²) in [5.41, 5.74) is 3.19. The molecule has 2 atom stereocenters. The maximum atomic E-state index is 13.5.